The number of ether oxygens (including phenoxy) is 1. The highest BCUT2D eigenvalue weighted by molar-refractivity contribution is 7.89. The predicted molar refractivity (Wildman–Crippen MR) is 53.7 cm³/mol. The van der Waals surface area contributed by atoms with Gasteiger partial charge in [0.2, 0.25) is 10.0 Å². The maximum atomic E-state index is 11.2. The molecule has 78 valence electrons. The minimum Gasteiger partial charge on any atom is -0.495 e. The Kier molecular flexibility index (Phi) is 3.13. The number of nitrogens with two attached hydrogens (primary N) is 1. The summed E-state index contributed by atoms with van der Waals surface area (Å²) >= 11 is 0. The molecule has 1 aromatic carbocycles. The van der Waals surface area contributed by atoms with Crippen molar-refractivity contribution in [2.45, 2.75) is 18.2 Å². The smallest absolute Gasteiger partial charge is 0.241 e. The van der Waals surface area contributed by atoms with Crippen molar-refractivity contribution in [3.05, 3.63) is 23.8 Å². The van der Waals surface area contributed by atoms with Gasteiger partial charge in [0, 0.05) is 0 Å². The van der Waals surface area contributed by atoms with E-state index in [-0.39, 0.29) is 10.6 Å². The molecule has 0 aromatic heterocycles. The predicted octanol–water partition coefficient (Wildman–Crippen LogP) is 0.905. The largest absolute Gasteiger partial charge is 0.495 e. The van der Waals surface area contributed by atoms with Gasteiger partial charge in [-0.15, -0.1) is 0 Å². The van der Waals surface area contributed by atoms with Crippen molar-refractivity contribution in [1.82, 2.24) is 0 Å². The van der Waals surface area contributed by atoms with Crippen LogP contribution in [0.4, 0.5) is 0 Å². The van der Waals surface area contributed by atoms with Crippen molar-refractivity contribution in [2.75, 3.05) is 7.11 Å². The third-order valence-electron chi connectivity index (χ3n) is 1.94. The molecule has 0 amide bonds. The van der Waals surface area contributed by atoms with Gasteiger partial charge in [0.25, 0.3) is 0 Å². The Balaban J connectivity index is 3.37. The van der Waals surface area contributed by atoms with Gasteiger partial charge < -0.3 is 4.74 Å². The molecule has 2 N–H and O–H groups in total. The first-order chi connectivity index (χ1) is 6.49. The van der Waals surface area contributed by atoms with E-state index in [0.717, 1.165) is 12.0 Å². The monoisotopic (exact) mass is 215 g/mol. The molecular formula is C9H13NO3S. The minimum absolute atomic E-state index is 0.0411. The third-order valence-corrected chi connectivity index (χ3v) is 2.87. The molecule has 0 heterocycles. The number of benzene rings is 1. The van der Waals surface area contributed by atoms with Crippen molar-refractivity contribution in [3.8, 4) is 5.75 Å². The van der Waals surface area contributed by atoms with Crippen LogP contribution in [0.1, 0.15) is 12.5 Å². The first kappa shape index (κ1) is 11.0. The SMILES string of the molecule is CCc1ccc(OC)c(S(N)(=O)=O)c1. The van der Waals surface area contributed by atoms with Crippen molar-refractivity contribution in [2.24, 2.45) is 5.14 Å². The summed E-state index contributed by atoms with van der Waals surface area (Å²) in [6, 6.07) is 4.96. The van der Waals surface area contributed by atoms with E-state index < -0.39 is 10.0 Å². The van der Waals surface area contributed by atoms with Crippen molar-refractivity contribution in [1.29, 1.82) is 0 Å². The second-order valence-corrected chi connectivity index (χ2v) is 4.41. The Morgan fingerprint density at radius 1 is 1.43 bits per heavy atom. The second kappa shape index (κ2) is 3.98. The van der Waals surface area contributed by atoms with E-state index in [4.69, 9.17) is 9.88 Å². The fourth-order valence-electron chi connectivity index (χ4n) is 1.16. The van der Waals surface area contributed by atoms with Crippen LogP contribution in [0.25, 0.3) is 0 Å². The molecule has 14 heavy (non-hydrogen) atoms. The van der Waals surface area contributed by atoms with Crippen LogP contribution in [0.3, 0.4) is 0 Å². The molecule has 0 spiro atoms. The summed E-state index contributed by atoms with van der Waals surface area (Å²) < 4.78 is 27.3. The lowest BCUT2D eigenvalue weighted by Gasteiger charge is -2.07. The summed E-state index contributed by atoms with van der Waals surface area (Å²) in [6.07, 6.45) is 0.756. The maximum absolute atomic E-state index is 11.2. The molecule has 0 aliphatic rings. The number of rotatable bonds is 3. The first-order valence-electron chi connectivity index (χ1n) is 4.18. The van der Waals surface area contributed by atoms with Crippen LogP contribution in [-0.2, 0) is 16.4 Å². The highest BCUT2D eigenvalue weighted by atomic mass is 32.2. The van der Waals surface area contributed by atoms with Crippen LogP contribution >= 0.6 is 0 Å². The van der Waals surface area contributed by atoms with E-state index >= 15 is 0 Å². The van der Waals surface area contributed by atoms with Crippen molar-refractivity contribution < 1.29 is 13.2 Å². The molecule has 0 aliphatic heterocycles. The number of sulfonamides is 1. The average Bonchev–Trinajstić information content (AvgIpc) is 2.15. The summed E-state index contributed by atoms with van der Waals surface area (Å²) in [5.74, 6) is 0.282. The lowest BCUT2D eigenvalue weighted by Crippen LogP contribution is -2.13. The summed E-state index contributed by atoms with van der Waals surface area (Å²) in [7, 11) is -2.29. The molecule has 0 fully saturated rings. The van der Waals surface area contributed by atoms with Gasteiger partial charge in [0.1, 0.15) is 10.6 Å². The van der Waals surface area contributed by atoms with Gasteiger partial charge in [-0.3, -0.25) is 0 Å². The van der Waals surface area contributed by atoms with Gasteiger partial charge in [-0.05, 0) is 24.1 Å². The van der Waals surface area contributed by atoms with Crippen LogP contribution in [-0.4, -0.2) is 15.5 Å². The lowest BCUT2D eigenvalue weighted by atomic mass is 10.2. The minimum atomic E-state index is -3.70. The molecule has 4 nitrogen and oxygen atoms in total. The summed E-state index contributed by atoms with van der Waals surface area (Å²) in [6.45, 7) is 1.94. The molecule has 0 atom stereocenters. The summed E-state index contributed by atoms with van der Waals surface area (Å²) in [5.41, 5.74) is 0.912. The first-order valence-corrected chi connectivity index (χ1v) is 5.73. The maximum Gasteiger partial charge on any atom is 0.241 e. The van der Waals surface area contributed by atoms with E-state index in [2.05, 4.69) is 0 Å². The number of hydrogen-bond donors (Lipinski definition) is 1. The van der Waals surface area contributed by atoms with Crippen molar-refractivity contribution in [3.63, 3.8) is 0 Å². The molecule has 1 rings (SSSR count). The van der Waals surface area contributed by atoms with E-state index in [1.54, 1.807) is 6.07 Å². The number of hydrogen-bond acceptors (Lipinski definition) is 3. The fraction of sp³-hybridized carbons (Fsp3) is 0.333. The molecule has 0 saturated heterocycles. The third kappa shape index (κ3) is 2.24. The van der Waals surface area contributed by atoms with Gasteiger partial charge in [-0.25, -0.2) is 13.6 Å². The number of methoxy groups -OCH3 is 1. The topological polar surface area (TPSA) is 69.4 Å². The van der Waals surface area contributed by atoms with Crippen LogP contribution < -0.4 is 9.88 Å². The molecule has 1 aromatic rings. The zero-order valence-corrected chi connectivity index (χ0v) is 8.97. The highest BCUT2D eigenvalue weighted by Gasteiger charge is 2.14. The molecule has 0 aliphatic carbocycles. The summed E-state index contributed by atoms with van der Waals surface area (Å²) in [4.78, 5) is 0.0411. The highest BCUT2D eigenvalue weighted by Crippen LogP contribution is 2.23. The van der Waals surface area contributed by atoms with Gasteiger partial charge in [-0.1, -0.05) is 13.0 Å². The lowest BCUT2D eigenvalue weighted by molar-refractivity contribution is 0.402. The zero-order valence-electron chi connectivity index (χ0n) is 8.15. The van der Waals surface area contributed by atoms with Crippen LogP contribution in [0.2, 0.25) is 0 Å². The normalized spacial score (nSPS) is 11.4. The Morgan fingerprint density at radius 3 is 2.50 bits per heavy atom. The van der Waals surface area contributed by atoms with E-state index in [1.807, 2.05) is 13.0 Å². The van der Waals surface area contributed by atoms with E-state index in [9.17, 15) is 8.42 Å². The molecule has 0 saturated carbocycles. The Morgan fingerprint density at radius 2 is 2.07 bits per heavy atom. The molecule has 5 heteroatoms. The quantitative estimate of drug-likeness (QED) is 0.814. The van der Waals surface area contributed by atoms with Crippen LogP contribution in [0.5, 0.6) is 5.75 Å². The van der Waals surface area contributed by atoms with Crippen molar-refractivity contribution >= 4 is 10.0 Å². The Hall–Kier alpha value is -1.07. The van der Waals surface area contributed by atoms with Gasteiger partial charge in [0.05, 0.1) is 7.11 Å². The fourth-order valence-corrected chi connectivity index (χ4v) is 1.91. The van der Waals surface area contributed by atoms with Gasteiger partial charge >= 0.3 is 0 Å². The Labute approximate surface area is 83.7 Å². The molecular weight excluding hydrogens is 202 g/mol. The van der Waals surface area contributed by atoms with Crippen LogP contribution in [0, 0.1) is 0 Å². The van der Waals surface area contributed by atoms with Gasteiger partial charge in [-0.2, -0.15) is 0 Å². The molecule has 0 radical (unpaired) electrons. The Bertz CT molecular complexity index is 426. The molecule has 0 unspecified atom stereocenters. The number of aryl methyl sites for hydroxylation is 1. The second-order valence-electron chi connectivity index (χ2n) is 2.88. The molecule has 0 bridgehead atoms. The zero-order chi connectivity index (χ0) is 10.8. The van der Waals surface area contributed by atoms with Crippen LogP contribution in [0.15, 0.2) is 23.1 Å². The van der Waals surface area contributed by atoms with Gasteiger partial charge in [0.15, 0.2) is 0 Å². The van der Waals surface area contributed by atoms with E-state index in [1.165, 1.54) is 13.2 Å². The average molecular weight is 215 g/mol. The van der Waals surface area contributed by atoms with E-state index in [0.29, 0.717) is 0 Å². The summed E-state index contributed by atoms with van der Waals surface area (Å²) in [5, 5.41) is 5.05. The number of primary sulfonamides is 1. The standard InChI is InChI=1S/C9H13NO3S/c1-3-7-4-5-8(13-2)9(6-7)14(10,11)12/h4-6H,3H2,1-2H3,(H2,10,11,12).